The maximum Gasteiger partial charge on any atom is 2.00 e. The zero-order valence-electron chi connectivity index (χ0n) is 25.6. The second-order valence-electron chi connectivity index (χ2n) is 11.0. The predicted molar refractivity (Wildman–Crippen MR) is 188 cm³/mol. The van der Waals surface area contributed by atoms with Gasteiger partial charge in [-0.15, -0.1) is 69.1 Å². The molecule has 0 aliphatic carbocycles. The van der Waals surface area contributed by atoms with E-state index >= 15 is 0 Å². The third-order valence-corrected chi connectivity index (χ3v) is 7.59. The van der Waals surface area contributed by atoms with Crippen molar-refractivity contribution in [2.24, 2.45) is 0 Å². The normalized spacial score (nSPS) is 10.6. The number of benzene rings is 4. The van der Waals surface area contributed by atoms with Crippen LogP contribution < -0.4 is 0 Å². The van der Waals surface area contributed by atoms with Crippen molar-refractivity contribution in [1.29, 1.82) is 0 Å². The first-order chi connectivity index (χ1) is 21.0. The molecule has 44 heavy (non-hydrogen) atoms. The van der Waals surface area contributed by atoms with Crippen LogP contribution in [0.4, 0.5) is 0 Å². The molecule has 4 heteroatoms. The summed E-state index contributed by atoms with van der Waals surface area (Å²) in [5.41, 5.74) is 9.58. The first kappa shape index (κ1) is 31.4. The molecular weight excluding hydrogens is 628 g/mol. The van der Waals surface area contributed by atoms with Crippen molar-refractivity contribution in [3.05, 3.63) is 145 Å². The van der Waals surface area contributed by atoms with Gasteiger partial charge in [0.05, 0.1) is 11.0 Å². The third kappa shape index (κ3) is 6.73. The fourth-order valence-corrected chi connectivity index (χ4v) is 5.71. The molecule has 0 unspecified atom stereocenters. The summed E-state index contributed by atoms with van der Waals surface area (Å²) in [7, 11) is 1.08. The number of nitrogens with zero attached hydrogens (tertiary/aromatic N) is 2. The van der Waals surface area contributed by atoms with Gasteiger partial charge in [0.25, 0.3) is 0 Å². The van der Waals surface area contributed by atoms with E-state index < -0.39 is 0 Å². The predicted octanol–water partition coefficient (Wildman–Crippen LogP) is 10.9. The van der Waals surface area contributed by atoms with Gasteiger partial charge in [-0.25, -0.2) is 0 Å². The second kappa shape index (κ2) is 14.2. The van der Waals surface area contributed by atoms with Crippen molar-refractivity contribution >= 4 is 52.9 Å². The third-order valence-electron chi connectivity index (χ3n) is 7.59. The Balaban J connectivity index is 0.000000157. The largest absolute Gasteiger partial charge is 2.00 e. The van der Waals surface area contributed by atoms with Crippen LogP contribution in [-0.4, -0.2) is 19.5 Å². The van der Waals surface area contributed by atoms with Gasteiger partial charge in [-0.05, 0) is 35.4 Å². The summed E-state index contributed by atoms with van der Waals surface area (Å²) in [5, 5.41) is 7.58. The average molecular weight is 662 g/mol. The van der Waals surface area contributed by atoms with E-state index in [0.29, 0.717) is 0 Å². The smallest absolute Gasteiger partial charge is 0.256 e. The minimum absolute atomic E-state index is 0. The van der Waals surface area contributed by atoms with Crippen molar-refractivity contribution in [2.45, 2.75) is 26.9 Å². The second-order valence-corrected chi connectivity index (χ2v) is 12.0. The van der Waals surface area contributed by atoms with Crippen LogP contribution in [0.2, 0.25) is 13.1 Å². The van der Waals surface area contributed by atoms with Crippen LogP contribution in [0.25, 0.3) is 65.6 Å². The van der Waals surface area contributed by atoms with E-state index in [0.717, 1.165) is 20.6 Å². The number of aryl methyl sites for hydroxylation is 2. The summed E-state index contributed by atoms with van der Waals surface area (Å²) in [6.07, 6.45) is 3.94. The molecule has 0 amide bonds. The Hall–Kier alpha value is -3.98. The number of para-hydroxylation sites is 2. The molecule has 212 valence electrons. The van der Waals surface area contributed by atoms with Crippen molar-refractivity contribution in [2.75, 3.05) is 0 Å². The van der Waals surface area contributed by atoms with Gasteiger partial charge in [-0.3, -0.25) is 9.97 Å². The van der Waals surface area contributed by atoms with E-state index in [1.54, 1.807) is 0 Å². The molecule has 0 fully saturated rings. The van der Waals surface area contributed by atoms with Crippen LogP contribution >= 0.6 is 0 Å². The summed E-state index contributed by atoms with van der Waals surface area (Å²) in [6, 6.07) is 42.8. The number of pyridine rings is 2. The first-order valence-electron chi connectivity index (χ1n) is 14.6. The van der Waals surface area contributed by atoms with Crippen molar-refractivity contribution in [3.8, 4) is 22.3 Å². The maximum atomic E-state index is 4.57. The van der Waals surface area contributed by atoms with Crippen LogP contribution in [-0.2, 0) is 26.2 Å². The SMILES string of the molecule is C[Si]C.Cc1cc2c(-c3cnc4ccccc4c3)cccc2[cH-]1.Cc1cc2c(-c3cnc4ccccc4c3)cccc2[cH-]1.[Zr+2]. The summed E-state index contributed by atoms with van der Waals surface area (Å²) >= 11 is 0. The Morgan fingerprint density at radius 3 is 1.36 bits per heavy atom. The van der Waals surface area contributed by atoms with Gasteiger partial charge in [-0.2, -0.15) is 12.1 Å². The van der Waals surface area contributed by atoms with Crippen molar-refractivity contribution in [1.82, 2.24) is 9.97 Å². The van der Waals surface area contributed by atoms with Crippen LogP contribution in [0.1, 0.15) is 11.1 Å². The summed E-state index contributed by atoms with van der Waals surface area (Å²) in [5.74, 6) is 0. The Labute approximate surface area is 281 Å². The molecule has 8 aromatic rings. The van der Waals surface area contributed by atoms with E-state index in [9.17, 15) is 0 Å². The maximum absolute atomic E-state index is 4.57. The monoisotopic (exact) mass is 660 g/mol. The van der Waals surface area contributed by atoms with Crippen molar-refractivity contribution in [3.63, 3.8) is 0 Å². The van der Waals surface area contributed by atoms with Gasteiger partial charge in [0.2, 0.25) is 0 Å². The van der Waals surface area contributed by atoms with Crippen LogP contribution in [0, 0.1) is 13.8 Å². The van der Waals surface area contributed by atoms with E-state index in [2.05, 4.69) is 134 Å². The summed E-state index contributed by atoms with van der Waals surface area (Å²) < 4.78 is 0. The topological polar surface area (TPSA) is 25.8 Å². The molecule has 0 saturated carbocycles. The molecule has 2 nitrogen and oxygen atoms in total. The van der Waals surface area contributed by atoms with Gasteiger partial charge < -0.3 is 0 Å². The molecule has 0 spiro atoms. The molecule has 6 aromatic carbocycles. The molecule has 0 bridgehead atoms. The zero-order chi connectivity index (χ0) is 29.8. The van der Waals surface area contributed by atoms with Crippen LogP contribution in [0.3, 0.4) is 0 Å². The van der Waals surface area contributed by atoms with Gasteiger partial charge >= 0.3 is 26.2 Å². The molecule has 0 aliphatic rings. The molecule has 0 aliphatic heterocycles. The zero-order valence-corrected chi connectivity index (χ0v) is 29.1. The fraction of sp³-hybridized carbons (Fsp3) is 0.100. The van der Waals surface area contributed by atoms with E-state index in [-0.39, 0.29) is 26.2 Å². The number of hydrogen-bond acceptors (Lipinski definition) is 2. The minimum Gasteiger partial charge on any atom is -0.256 e. The van der Waals surface area contributed by atoms with Gasteiger partial charge in [-0.1, -0.05) is 86.6 Å². The number of rotatable bonds is 2. The Kier molecular flexibility index (Phi) is 10.1. The quantitative estimate of drug-likeness (QED) is 0.136. The van der Waals surface area contributed by atoms with Gasteiger partial charge in [0, 0.05) is 32.7 Å². The Morgan fingerprint density at radius 1 is 0.523 bits per heavy atom. The Morgan fingerprint density at radius 2 is 0.932 bits per heavy atom. The molecule has 0 saturated heterocycles. The number of fused-ring (bicyclic) bond motifs is 4. The molecule has 0 atom stereocenters. The van der Waals surface area contributed by atoms with E-state index in [1.807, 2.05) is 36.7 Å². The van der Waals surface area contributed by atoms with Crippen molar-refractivity contribution < 1.29 is 26.2 Å². The Bertz CT molecular complexity index is 2020. The number of hydrogen-bond donors (Lipinski definition) is 0. The summed E-state index contributed by atoms with van der Waals surface area (Å²) in [6.45, 7) is 8.59. The van der Waals surface area contributed by atoms with Crippen LogP contribution in [0.15, 0.2) is 134 Å². The first-order valence-corrected chi connectivity index (χ1v) is 16.6. The van der Waals surface area contributed by atoms with E-state index in [1.165, 1.54) is 65.7 Å². The van der Waals surface area contributed by atoms with Gasteiger partial charge in [0.1, 0.15) is 0 Å². The minimum atomic E-state index is 0. The summed E-state index contributed by atoms with van der Waals surface area (Å²) in [4.78, 5) is 9.14. The molecule has 2 heterocycles. The van der Waals surface area contributed by atoms with Gasteiger partial charge in [0.15, 0.2) is 0 Å². The molecule has 2 radical (unpaired) electrons. The fourth-order valence-electron chi connectivity index (χ4n) is 5.71. The molecule has 0 N–H and O–H groups in total. The standard InChI is InChI=1S/2C19H14N.C2H6Si.Zr/c2*1-13-9-14-6-4-7-17(18(14)10-13)16-11-15-5-2-3-8-19(15)20-12-16;1-3-2;/h2*2-12H,1H3;1-2H3;/q2*-1;;+2. The molecule has 8 rings (SSSR count). The molecular formula is C40H34N2SiZr. The number of aromatic nitrogens is 2. The molecule has 2 aromatic heterocycles. The van der Waals surface area contributed by atoms with Crippen LogP contribution in [0.5, 0.6) is 0 Å². The van der Waals surface area contributed by atoms with E-state index in [4.69, 9.17) is 0 Å². The average Bonchev–Trinajstić information content (AvgIpc) is 3.62.